The average molecular weight is 216 g/mol. The van der Waals surface area contributed by atoms with Crippen molar-refractivity contribution in [3.05, 3.63) is 35.4 Å². The van der Waals surface area contributed by atoms with E-state index in [4.69, 9.17) is 5.26 Å². The van der Waals surface area contributed by atoms with Gasteiger partial charge in [0, 0.05) is 12.5 Å². The summed E-state index contributed by atoms with van der Waals surface area (Å²) in [7, 11) is 4.13. The van der Waals surface area contributed by atoms with E-state index in [2.05, 4.69) is 56.3 Å². The van der Waals surface area contributed by atoms with E-state index < -0.39 is 0 Å². The van der Waals surface area contributed by atoms with Gasteiger partial charge in [-0.2, -0.15) is 5.26 Å². The van der Waals surface area contributed by atoms with Crippen molar-refractivity contribution in [2.45, 2.75) is 32.2 Å². The van der Waals surface area contributed by atoms with Crippen LogP contribution in [0.2, 0.25) is 0 Å². The molecule has 0 aliphatic carbocycles. The molecule has 1 aromatic rings. The first-order valence-electron chi connectivity index (χ1n) is 5.81. The molecule has 0 fully saturated rings. The lowest BCUT2D eigenvalue weighted by Crippen LogP contribution is -2.19. The Balaban J connectivity index is 2.80. The Morgan fingerprint density at radius 2 is 1.88 bits per heavy atom. The second-order valence-corrected chi connectivity index (χ2v) is 4.27. The smallest absolute Gasteiger partial charge is 0.0622 e. The fourth-order valence-electron chi connectivity index (χ4n) is 1.90. The fourth-order valence-corrected chi connectivity index (χ4v) is 1.90. The summed E-state index contributed by atoms with van der Waals surface area (Å²) in [5.41, 5.74) is 2.67. The zero-order valence-corrected chi connectivity index (χ0v) is 10.4. The predicted octanol–water partition coefficient (Wildman–Crippen LogP) is 3.16. The van der Waals surface area contributed by atoms with E-state index in [0.717, 1.165) is 12.8 Å². The Hall–Kier alpha value is -1.33. The molecule has 1 atom stereocenters. The molecule has 1 unspecified atom stereocenters. The van der Waals surface area contributed by atoms with Crippen molar-refractivity contribution in [3.8, 4) is 6.07 Å². The van der Waals surface area contributed by atoms with Crippen molar-refractivity contribution >= 4 is 0 Å². The third kappa shape index (κ3) is 3.36. The number of nitrogens with zero attached hydrogens (tertiary/aromatic N) is 2. The second-order valence-electron chi connectivity index (χ2n) is 4.27. The van der Waals surface area contributed by atoms with Crippen LogP contribution in [0.15, 0.2) is 24.3 Å². The molecule has 2 heteroatoms. The number of benzene rings is 1. The highest BCUT2D eigenvalue weighted by atomic mass is 15.1. The lowest BCUT2D eigenvalue weighted by Gasteiger charge is -2.24. The zero-order valence-electron chi connectivity index (χ0n) is 10.4. The van der Waals surface area contributed by atoms with Gasteiger partial charge < -0.3 is 4.90 Å². The molecule has 86 valence electrons. The Labute approximate surface area is 98.5 Å². The summed E-state index contributed by atoms with van der Waals surface area (Å²) in [4.78, 5) is 2.18. The molecule has 0 aliphatic rings. The summed E-state index contributed by atoms with van der Waals surface area (Å²) in [6, 6.07) is 11.3. The average Bonchev–Trinajstić information content (AvgIpc) is 2.30. The maximum absolute atomic E-state index is 8.66. The van der Waals surface area contributed by atoms with Gasteiger partial charge in [0.25, 0.3) is 0 Å². The molecule has 0 heterocycles. The lowest BCUT2D eigenvalue weighted by atomic mass is 9.99. The lowest BCUT2D eigenvalue weighted by molar-refractivity contribution is 0.286. The molecule has 0 saturated heterocycles. The Morgan fingerprint density at radius 1 is 1.25 bits per heavy atom. The van der Waals surface area contributed by atoms with Gasteiger partial charge in [-0.1, -0.05) is 31.2 Å². The Bertz CT molecular complexity index is 346. The summed E-state index contributed by atoms with van der Waals surface area (Å²) in [5, 5.41) is 8.66. The van der Waals surface area contributed by atoms with E-state index in [0.29, 0.717) is 12.5 Å². The van der Waals surface area contributed by atoms with E-state index in [1.807, 2.05) is 0 Å². The summed E-state index contributed by atoms with van der Waals surface area (Å²) in [5.74, 6) is 0. The van der Waals surface area contributed by atoms with Gasteiger partial charge in [0.2, 0.25) is 0 Å². The molecule has 1 rings (SSSR count). The standard InChI is InChI=1S/C14H20N2/c1-4-12-7-9-13(10-8-12)14(16(2)3)6-5-11-15/h7-10,14H,4-6H2,1-3H3. The van der Waals surface area contributed by atoms with Crippen molar-refractivity contribution in [1.82, 2.24) is 4.90 Å². The van der Waals surface area contributed by atoms with Crippen LogP contribution < -0.4 is 0 Å². The minimum atomic E-state index is 0.352. The number of rotatable bonds is 5. The van der Waals surface area contributed by atoms with Gasteiger partial charge in [0.05, 0.1) is 6.07 Å². The van der Waals surface area contributed by atoms with Gasteiger partial charge >= 0.3 is 0 Å². The van der Waals surface area contributed by atoms with Gasteiger partial charge in [-0.05, 0) is 38.1 Å². The molecule has 0 aromatic heterocycles. The van der Waals surface area contributed by atoms with Crippen molar-refractivity contribution in [1.29, 1.82) is 5.26 Å². The van der Waals surface area contributed by atoms with Crippen LogP contribution in [-0.2, 0) is 6.42 Å². The van der Waals surface area contributed by atoms with Gasteiger partial charge in [-0.15, -0.1) is 0 Å². The summed E-state index contributed by atoms with van der Waals surface area (Å²) >= 11 is 0. The van der Waals surface area contributed by atoms with E-state index in [-0.39, 0.29) is 0 Å². The molecule has 0 bridgehead atoms. The monoisotopic (exact) mass is 216 g/mol. The maximum Gasteiger partial charge on any atom is 0.0622 e. The highest BCUT2D eigenvalue weighted by Crippen LogP contribution is 2.23. The first-order valence-corrected chi connectivity index (χ1v) is 5.81. The molecule has 0 spiro atoms. The third-order valence-corrected chi connectivity index (χ3v) is 2.93. The minimum Gasteiger partial charge on any atom is -0.302 e. The molecular formula is C14H20N2. The molecule has 0 saturated carbocycles. The molecule has 2 nitrogen and oxygen atoms in total. The molecule has 0 N–H and O–H groups in total. The largest absolute Gasteiger partial charge is 0.302 e. The van der Waals surface area contributed by atoms with Gasteiger partial charge in [-0.3, -0.25) is 0 Å². The molecule has 1 aromatic carbocycles. The number of hydrogen-bond donors (Lipinski definition) is 0. The SMILES string of the molecule is CCc1ccc(C(CCC#N)N(C)C)cc1. The van der Waals surface area contributed by atoms with Crippen molar-refractivity contribution in [3.63, 3.8) is 0 Å². The van der Waals surface area contributed by atoms with Crippen LogP contribution in [0.1, 0.15) is 36.9 Å². The first-order chi connectivity index (χ1) is 7.69. The van der Waals surface area contributed by atoms with E-state index >= 15 is 0 Å². The molecular weight excluding hydrogens is 196 g/mol. The van der Waals surface area contributed by atoms with Crippen molar-refractivity contribution < 1.29 is 0 Å². The Kier molecular flexibility index (Phi) is 5.01. The zero-order chi connectivity index (χ0) is 12.0. The third-order valence-electron chi connectivity index (χ3n) is 2.93. The number of nitriles is 1. The summed E-state index contributed by atoms with van der Waals surface area (Å²) in [6.45, 7) is 2.16. The normalized spacial score (nSPS) is 12.4. The molecule has 0 radical (unpaired) electrons. The van der Waals surface area contributed by atoms with Gasteiger partial charge in [-0.25, -0.2) is 0 Å². The maximum atomic E-state index is 8.66. The van der Waals surface area contributed by atoms with Crippen LogP contribution in [0.5, 0.6) is 0 Å². The highest BCUT2D eigenvalue weighted by Gasteiger charge is 2.13. The summed E-state index contributed by atoms with van der Waals surface area (Å²) in [6.07, 6.45) is 2.58. The van der Waals surface area contributed by atoms with Crippen LogP contribution in [0.4, 0.5) is 0 Å². The van der Waals surface area contributed by atoms with E-state index in [1.54, 1.807) is 0 Å². The van der Waals surface area contributed by atoms with Crippen molar-refractivity contribution in [2.75, 3.05) is 14.1 Å². The predicted molar refractivity (Wildman–Crippen MR) is 67.1 cm³/mol. The van der Waals surface area contributed by atoms with Crippen molar-refractivity contribution in [2.24, 2.45) is 0 Å². The van der Waals surface area contributed by atoms with Crippen LogP contribution in [0.25, 0.3) is 0 Å². The first kappa shape index (κ1) is 12.7. The minimum absolute atomic E-state index is 0.352. The number of hydrogen-bond acceptors (Lipinski definition) is 2. The quantitative estimate of drug-likeness (QED) is 0.756. The molecule has 16 heavy (non-hydrogen) atoms. The highest BCUT2D eigenvalue weighted by molar-refractivity contribution is 5.25. The topological polar surface area (TPSA) is 27.0 Å². The van der Waals surface area contributed by atoms with Gasteiger partial charge in [0.1, 0.15) is 0 Å². The van der Waals surface area contributed by atoms with Crippen LogP contribution in [0.3, 0.4) is 0 Å². The van der Waals surface area contributed by atoms with E-state index in [9.17, 15) is 0 Å². The van der Waals surface area contributed by atoms with E-state index in [1.165, 1.54) is 11.1 Å². The fraction of sp³-hybridized carbons (Fsp3) is 0.500. The molecule has 0 aliphatic heterocycles. The number of aryl methyl sites for hydroxylation is 1. The second kappa shape index (κ2) is 6.30. The molecule has 0 amide bonds. The van der Waals surface area contributed by atoms with Crippen LogP contribution in [0, 0.1) is 11.3 Å². The van der Waals surface area contributed by atoms with Gasteiger partial charge in [0.15, 0.2) is 0 Å². The summed E-state index contributed by atoms with van der Waals surface area (Å²) < 4.78 is 0. The van der Waals surface area contributed by atoms with Crippen LogP contribution in [-0.4, -0.2) is 19.0 Å². The van der Waals surface area contributed by atoms with Crippen LogP contribution >= 0.6 is 0 Å². The Morgan fingerprint density at radius 3 is 2.31 bits per heavy atom.